The summed E-state index contributed by atoms with van der Waals surface area (Å²) in [6.45, 7) is 3.33. The van der Waals surface area contributed by atoms with Crippen LogP contribution in [0, 0.1) is 6.92 Å². The Kier molecular flexibility index (Phi) is 1.49. The summed E-state index contributed by atoms with van der Waals surface area (Å²) < 4.78 is 0. The predicted molar refractivity (Wildman–Crippen MR) is 39.9 cm³/mol. The number of nitrogens with two attached hydrogens (primary N) is 1. The first-order chi connectivity index (χ1) is 4.63. The molecule has 0 atom stereocenters. The van der Waals surface area contributed by atoms with Crippen LogP contribution in [0.5, 0.6) is 0 Å². The molecule has 1 heterocycles. The fraction of sp³-hybridized carbons (Fsp3) is 0.286. The molecule has 0 amide bonds. The summed E-state index contributed by atoms with van der Waals surface area (Å²) in [5.74, 6) is 0.0104. The van der Waals surface area contributed by atoms with Gasteiger partial charge >= 0.3 is 0 Å². The summed E-state index contributed by atoms with van der Waals surface area (Å²) in [4.78, 5) is 13.7. The molecule has 0 aliphatic carbocycles. The average molecular weight is 138 g/mol. The van der Waals surface area contributed by atoms with Crippen molar-refractivity contribution in [3.05, 3.63) is 17.5 Å². The monoisotopic (exact) mass is 138 g/mol. The average Bonchev–Trinajstić information content (AvgIpc) is 2.11. The third kappa shape index (κ3) is 0.900. The van der Waals surface area contributed by atoms with Gasteiger partial charge in [-0.25, -0.2) is 0 Å². The number of H-pyrrole nitrogens is 1. The van der Waals surface area contributed by atoms with Crippen LogP contribution in [0.15, 0.2) is 6.20 Å². The molecule has 1 aromatic rings. The summed E-state index contributed by atoms with van der Waals surface area (Å²) in [6, 6.07) is 0. The van der Waals surface area contributed by atoms with Gasteiger partial charge in [-0.05, 0) is 13.8 Å². The van der Waals surface area contributed by atoms with Crippen LogP contribution in [0.25, 0.3) is 0 Å². The van der Waals surface area contributed by atoms with E-state index in [2.05, 4.69) is 4.98 Å². The van der Waals surface area contributed by atoms with Crippen LogP contribution in [-0.2, 0) is 0 Å². The maximum atomic E-state index is 10.8. The van der Waals surface area contributed by atoms with E-state index in [-0.39, 0.29) is 5.78 Å². The number of nitrogens with one attached hydrogen (secondary N) is 1. The van der Waals surface area contributed by atoms with Crippen LogP contribution >= 0.6 is 0 Å². The van der Waals surface area contributed by atoms with Gasteiger partial charge in [0.2, 0.25) is 0 Å². The predicted octanol–water partition coefficient (Wildman–Crippen LogP) is 1.11. The van der Waals surface area contributed by atoms with Crippen molar-refractivity contribution in [3.8, 4) is 0 Å². The Morgan fingerprint density at radius 1 is 1.70 bits per heavy atom. The van der Waals surface area contributed by atoms with E-state index in [1.165, 1.54) is 6.92 Å². The highest BCUT2D eigenvalue weighted by Crippen LogP contribution is 2.14. The number of aromatic nitrogens is 1. The van der Waals surface area contributed by atoms with Gasteiger partial charge in [-0.1, -0.05) is 0 Å². The van der Waals surface area contributed by atoms with Gasteiger partial charge in [-0.2, -0.15) is 0 Å². The number of ketones is 1. The first kappa shape index (κ1) is 6.86. The van der Waals surface area contributed by atoms with Crippen molar-refractivity contribution < 1.29 is 4.79 Å². The highest BCUT2D eigenvalue weighted by molar-refractivity contribution is 6.00. The molecule has 0 aliphatic rings. The van der Waals surface area contributed by atoms with Crippen molar-refractivity contribution >= 4 is 11.5 Å². The van der Waals surface area contributed by atoms with Gasteiger partial charge < -0.3 is 10.7 Å². The van der Waals surface area contributed by atoms with Gasteiger partial charge in [0.15, 0.2) is 5.78 Å². The van der Waals surface area contributed by atoms with Crippen LogP contribution < -0.4 is 5.73 Å². The lowest BCUT2D eigenvalue weighted by molar-refractivity contribution is 0.101. The minimum Gasteiger partial charge on any atom is -0.397 e. The van der Waals surface area contributed by atoms with Crippen LogP contribution in [0.3, 0.4) is 0 Å². The molecule has 1 rings (SSSR count). The normalized spacial score (nSPS) is 9.80. The molecule has 0 bridgehead atoms. The minimum atomic E-state index is 0.0104. The zero-order chi connectivity index (χ0) is 7.72. The zero-order valence-corrected chi connectivity index (χ0v) is 6.06. The summed E-state index contributed by atoms with van der Waals surface area (Å²) in [7, 11) is 0. The molecule has 0 aromatic carbocycles. The number of anilines is 1. The molecular formula is C7H10N2O. The van der Waals surface area contributed by atoms with Gasteiger partial charge in [0.25, 0.3) is 0 Å². The maximum absolute atomic E-state index is 10.8. The topological polar surface area (TPSA) is 58.9 Å². The van der Waals surface area contributed by atoms with Crippen molar-refractivity contribution in [1.82, 2.24) is 4.98 Å². The van der Waals surface area contributed by atoms with Crippen LogP contribution in [0.4, 0.5) is 5.69 Å². The number of aryl methyl sites for hydroxylation is 1. The van der Waals surface area contributed by atoms with E-state index >= 15 is 0 Å². The highest BCUT2D eigenvalue weighted by atomic mass is 16.1. The van der Waals surface area contributed by atoms with E-state index < -0.39 is 0 Å². The Hall–Kier alpha value is -1.25. The van der Waals surface area contributed by atoms with Gasteiger partial charge in [0.1, 0.15) is 0 Å². The number of carbonyl (C=O) groups excluding carboxylic acids is 1. The molecule has 10 heavy (non-hydrogen) atoms. The Balaban J connectivity index is 3.23. The lowest BCUT2D eigenvalue weighted by atomic mass is 10.1. The number of carbonyl (C=O) groups is 1. The highest BCUT2D eigenvalue weighted by Gasteiger charge is 2.08. The second-order valence-electron chi connectivity index (χ2n) is 2.30. The Morgan fingerprint density at radius 2 is 2.30 bits per heavy atom. The quantitative estimate of drug-likeness (QED) is 0.571. The van der Waals surface area contributed by atoms with E-state index in [0.717, 1.165) is 5.69 Å². The first-order valence-corrected chi connectivity index (χ1v) is 3.07. The zero-order valence-electron chi connectivity index (χ0n) is 6.06. The van der Waals surface area contributed by atoms with Crippen molar-refractivity contribution in [3.63, 3.8) is 0 Å². The molecule has 0 unspecified atom stereocenters. The SMILES string of the molecule is CC(=O)c1c(N)c[nH]c1C. The van der Waals surface area contributed by atoms with E-state index in [9.17, 15) is 4.79 Å². The van der Waals surface area contributed by atoms with Gasteiger partial charge in [-0.3, -0.25) is 4.79 Å². The van der Waals surface area contributed by atoms with Crippen molar-refractivity contribution in [2.45, 2.75) is 13.8 Å². The fourth-order valence-corrected chi connectivity index (χ4v) is 1.01. The van der Waals surface area contributed by atoms with E-state index in [1.807, 2.05) is 6.92 Å². The lowest BCUT2D eigenvalue weighted by Crippen LogP contribution is -1.97. The molecule has 3 heteroatoms. The number of nitrogen functional groups attached to an aromatic ring is 1. The fourth-order valence-electron chi connectivity index (χ4n) is 1.01. The summed E-state index contributed by atoms with van der Waals surface area (Å²) in [6.07, 6.45) is 1.63. The second kappa shape index (κ2) is 2.17. The first-order valence-electron chi connectivity index (χ1n) is 3.07. The van der Waals surface area contributed by atoms with Crippen molar-refractivity contribution in [2.75, 3.05) is 5.73 Å². The van der Waals surface area contributed by atoms with Crippen molar-refractivity contribution in [2.24, 2.45) is 0 Å². The third-order valence-corrected chi connectivity index (χ3v) is 1.46. The summed E-state index contributed by atoms with van der Waals surface area (Å²) >= 11 is 0. The van der Waals surface area contributed by atoms with Crippen LogP contribution in [0.1, 0.15) is 23.0 Å². The number of Topliss-reactive ketones (excluding diaryl/α,β-unsaturated/α-hetero) is 1. The Morgan fingerprint density at radius 3 is 2.50 bits per heavy atom. The number of aromatic amines is 1. The van der Waals surface area contributed by atoms with E-state index in [0.29, 0.717) is 11.3 Å². The number of hydrogen-bond acceptors (Lipinski definition) is 2. The number of hydrogen-bond donors (Lipinski definition) is 2. The van der Waals surface area contributed by atoms with Crippen LogP contribution in [0.2, 0.25) is 0 Å². The smallest absolute Gasteiger partial charge is 0.163 e. The standard InChI is InChI=1S/C7H10N2O/c1-4-7(5(2)10)6(8)3-9-4/h3,9H,8H2,1-2H3. The van der Waals surface area contributed by atoms with E-state index in [1.54, 1.807) is 6.20 Å². The van der Waals surface area contributed by atoms with Gasteiger partial charge in [-0.15, -0.1) is 0 Å². The third-order valence-electron chi connectivity index (χ3n) is 1.46. The van der Waals surface area contributed by atoms with Gasteiger partial charge in [0.05, 0.1) is 11.3 Å². The molecule has 0 fully saturated rings. The second-order valence-corrected chi connectivity index (χ2v) is 2.30. The molecule has 0 saturated carbocycles. The van der Waals surface area contributed by atoms with Crippen molar-refractivity contribution in [1.29, 1.82) is 0 Å². The molecule has 54 valence electrons. The lowest BCUT2D eigenvalue weighted by Gasteiger charge is -1.92. The summed E-state index contributed by atoms with van der Waals surface area (Å²) in [5.41, 5.74) is 7.47. The Bertz CT molecular complexity index is 243. The summed E-state index contributed by atoms with van der Waals surface area (Å²) in [5, 5.41) is 0. The van der Waals surface area contributed by atoms with E-state index in [4.69, 9.17) is 5.73 Å². The minimum absolute atomic E-state index is 0.0104. The largest absolute Gasteiger partial charge is 0.397 e. The van der Waals surface area contributed by atoms with Gasteiger partial charge in [0, 0.05) is 11.9 Å². The molecule has 0 spiro atoms. The molecule has 0 aliphatic heterocycles. The molecular weight excluding hydrogens is 128 g/mol. The maximum Gasteiger partial charge on any atom is 0.163 e. The molecule has 3 N–H and O–H groups in total. The van der Waals surface area contributed by atoms with Crippen LogP contribution in [-0.4, -0.2) is 10.8 Å². The molecule has 0 radical (unpaired) electrons. The molecule has 1 aromatic heterocycles. The number of rotatable bonds is 1. The Labute approximate surface area is 59.2 Å². The molecule has 3 nitrogen and oxygen atoms in total. The molecule has 0 saturated heterocycles.